The van der Waals surface area contributed by atoms with Gasteiger partial charge in [-0.3, -0.25) is 14.6 Å². The number of carboxylic acid groups (broad SMARTS) is 4. The number of piperazine rings is 1. The first kappa shape index (κ1) is 33.3. The Morgan fingerprint density at radius 1 is 0.750 bits per heavy atom. The molecule has 1 saturated heterocycles. The van der Waals surface area contributed by atoms with E-state index in [0.717, 1.165) is 50.6 Å². The predicted molar refractivity (Wildman–Crippen MR) is 158 cm³/mol. The number of hydrogen-bond acceptors (Lipinski definition) is 10. The minimum absolute atomic E-state index is 0.00180. The summed E-state index contributed by atoms with van der Waals surface area (Å²) >= 11 is 1.44. The molecule has 1 fully saturated rings. The van der Waals surface area contributed by atoms with Crippen molar-refractivity contribution in [3.63, 3.8) is 0 Å². The molecule has 1 aliphatic heterocycles. The SMILES string of the molecule is O=C(CN1CCN(Cc2nc3ccccc3n2Cc2ccccc2)CC1)Nc1nccs1.O=C(O)C(=O)O.O=C(O)C(=O)O. The Hall–Kier alpha value is -5.19. The molecule has 5 rings (SSSR count). The molecule has 1 amide bonds. The van der Waals surface area contributed by atoms with Gasteiger partial charge in [-0.2, -0.15) is 0 Å². The number of aromatic nitrogens is 3. The highest BCUT2D eigenvalue weighted by Gasteiger charge is 2.21. The monoisotopic (exact) mass is 626 g/mol. The average Bonchev–Trinajstić information content (AvgIpc) is 3.63. The number of para-hydroxylation sites is 2. The highest BCUT2D eigenvalue weighted by molar-refractivity contribution is 7.13. The minimum Gasteiger partial charge on any atom is -0.473 e. The summed E-state index contributed by atoms with van der Waals surface area (Å²) in [5.74, 6) is -6.21. The van der Waals surface area contributed by atoms with Crippen LogP contribution in [-0.4, -0.2) is 107 Å². The number of carbonyl (C=O) groups is 5. The van der Waals surface area contributed by atoms with Crippen molar-refractivity contribution in [3.8, 4) is 0 Å². The first-order valence-electron chi connectivity index (χ1n) is 13.1. The first-order chi connectivity index (χ1) is 21.0. The van der Waals surface area contributed by atoms with Crippen LogP contribution in [0, 0.1) is 0 Å². The summed E-state index contributed by atoms with van der Waals surface area (Å²) in [4.78, 5) is 62.3. The van der Waals surface area contributed by atoms with Gasteiger partial charge in [0.25, 0.3) is 0 Å². The Balaban J connectivity index is 0.000000375. The lowest BCUT2D eigenvalue weighted by atomic mass is 10.2. The van der Waals surface area contributed by atoms with Crippen molar-refractivity contribution in [2.75, 3.05) is 38.0 Å². The number of carbonyl (C=O) groups excluding carboxylic acids is 1. The molecule has 0 bridgehead atoms. The molecule has 2 aromatic carbocycles. The van der Waals surface area contributed by atoms with Gasteiger partial charge in [0.1, 0.15) is 5.82 Å². The predicted octanol–water partition coefficient (Wildman–Crippen LogP) is 1.61. The topological polar surface area (TPSA) is 215 Å². The third-order valence-corrected chi connectivity index (χ3v) is 6.85. The van der Waals surface area contributed by atoms with Crippen LogP contribution in [0.4, 0.5) is 5.13 Å². The molecule has 4 aromatic rings. The molecule has 15 nitrogen and oxygen atoms in total. The van der Waals surface area contributed by atoms with Crippen molar-refractivity contribution in [1.29, 1.82) is 0 Å². The van der Waals surface area contributed by atoms with Gasteiger partial charge in [0.15, 0.2) is 5.13 Å². The largest absolute Gasteiger partial charge is 0.473 e. The van der Waals surface area contributed by atoms with Crippen LogP contribution in [0.15, 0.2) is 66.2 Å². The molecular formula is C28H30N6O9S. The summed E-state index contributed by atoms with van der Waals surface area (Å²) in [5.41, 5.74) is 3.48. The van der Waals surface area contributed by atoms with E-state index in [1.54, 1.807) is 6.20 Å². The van der Waals surface area contributed by atoms with Crippen molar-refractivity contribution < 1.29 is 44.4 Å². The van der Waals surface area contributed by atoms with Crippen molar-refractivity contribution in [2.24, 2.45) is 0 Å². The second-order valence-corrected chi connectivity index (χ2v) is 10.1. The first-order valence-corrected chi connectivity index (χ1v) is 14.0. The molecule has 232 valence electrons. The van der Waals surface area contributed by atoms with E-state index in [9.17, 15) is 4.79 Å². The maximum Gasteiger partial charge on any atom is 0.414 e. The number of thiazole rings is 1. The Bertz CT molecular complexity index is 1520. The number of rotatable bonds is 7. The van der Waals surface area contributed by atoms with Crippen LogP contribution in [0.5, 0.6) is 0 Å². The van der Waals surface area contributed by atoms with E-state index >= 15 is 0 Å². The smallest absolute Gasteiger partial charge is 0.414 e. The average molecular weight is 627 g/mol. The number of anilines is 1. The fourth-order valence-corrected chi connectivity index (χ4v) is 4.69. The maximum absolute atomic E-state index is 12.3. The van der Waals surface area contributed by atoms with Gasteiger partial charge in [-0.15, -0.1) is 11.3 Å². The van der Waals surface area contributed by atoms with Crippen LogP contribution >= 0.6 is 11.3 Å². The second kappa shape index (κ2) is 16.4. The van der Waals surface area contributed by atoms with E-state index in [1.165, 1.54) is 22.4 Å². The molecular weight excluding hydrogens is 596 g/mol. The quantitative estimate of drug-likeness (QED) is 0.185. The zero-order valence-corrected chi connectivity index (χ0v) is 24.1. The van der Waals surface area contributed by atoms with E-state index in [0.29, 0.717) is 11.7 Å². The molecule has 1 aliphatic rings. The lowest BCUT2D eigenvalue weighted by Gasteiger charge is -2.34. The van der Waals surface area contributed by atoms with E-state index in [1.807, 2.05) is 17.5 Å². The Morgan fingerprint density at radius 2 is 1.32 bits per heavy atom. The van der Waals surface area contributed by atoms with Crippen LogP contribution in [-0.2, 0) is 37.1 Å². The third-order valence-electron chi connectivity index (χ3n) is 6.16. The second-order valence-electron chi connectivity index (χ2n) is 9.25. The summed E-state index contributed by atoms with van der Waals surface area (Å²) in [5, 5.41) is 34.9. The van der Waals surface area contributed by atoms with Crippen LogP contribution in [0.2, 0.25) is 0 Å². The highest BCUT2D eigenvalue weighted by atomic mass is 32.1. The molecule has 0 unspecified atom stereocenters. The van der Waals surface area contributed by atoms with Gasteiger partial charge in [-0.1, -0.05) is 42.5 Å². The standard InChI is InChI=1S/C24H26N6OS.2C2H2O4/c31-23(27-24-25-10-15-32-24)18-29-13-11-28(12-14-29)17-22-26-20-8-4-5-9-21(20)30(22)16-19-6-2-1-3-7-19;2*3-1(4)2(5)6/h1-10,15H,11-14,16-18H2,(H,25,27,31);2*(H,3,4)(H,5,6). The zero-order valence-electron chi connectivity index (χ0n) is 23.3. The number of benzene rings is 2. The van der Waals surface area contributed by atoms with Crippen molar-refractivity contribution in [1.82, 2.24) is 24.3 Å². The fourth-order valence-electron chi connectivity index (χ4n) is 4.14. The third kappa shape index (κ3) is 10.6. The number of carboxylic acids is 4. The van der Waals surface area contributed by atoms with Gasteiger partial charge >= 0.3 is 23.9 Å². The van der Waals surface area contributed by atoms with E-state index in [4.69, 9.17) is 44.6 Å². The molecule has 0 aliphatic carbocycles. The molecule has 44 heavy (non-hydrogen) atoms. The number of nitrogens with zero attached hydrogens (tertiary/aromatic N) is 5. The Kier molecular flexibility index (Phi) is 12.5. The van der Waals surface area contributed by atoms with Gasteiger partial charge in [0.05, 0.1) is 24.1 Å². The summed E-state index contributed by atoms with van der Waals surface area (Å²) < 4.78 is 2.33. The summed E-state index contributed by atoms with van der Waals surface area (Å²) in [6, 6.07) is 18.9. The van der Waals surface area contributed by atoms with Gasteiger partial charge in [0.2, 0.25) is 5.91 Å². The molecule has 16 heteroatoms. The Labute approximate surface area is 254 Å². The summed E-state index contributed by atoms with van der Waals surface area (Å²) in [6.07, 6.45) is 1.70. The normalized spacial score (nSPS) is 13.1. The zero-order chi connectivity index (χ0) is 32.1. The lowest BCUT2D eigenvalue weighted by molar-refractivity contribution is -0.159. The van der Waals surface area contributed by atoms with Crippen molar-refractivity contribution in [3.05, 3.63) is 77.6 Å². The minimum atomic E-state index is -1.82. The lowest BCUT2D eigenvalue weighted by Crippen LogP contribution is -2.48. The molecule has 0 spiro atoms. The van der Waals surface area contributed by atoms with E-state index in [2.05, 4.69) is 67.1 Å². The number of hydrogen-bond donors (Lipinski definition) is 5. The molecule has 0 atom stereocenters. The molecule has 0 saturated carbocycles. The van der Waals surface area contributed by atoms with Crippen molar-refractivity contribution >= 4 is 57.3 Å². The van der Waals surface area contributed by atoms with Gasteiger partial charge < -0.3 is 30.3 Å². The summed E-state index contributed by atoms with van der Waals surface area (Å²) in [7, 11) is 0. The fraction of sp³-hybridized carbons (Fsp3) is 0.250. The molecule has 0 radical (unpaired) electrons. The van der Waals surface area contributed by atoms with Crippen LogP contribution < -0.4 is 5.32 Å². The maximum atomic E-state index is 12.3. The van der Waals surface area contributed by atoms with Crippen LogP contribution in [0.25, 0.3) is 11.0 Å². The number of aliphatic carboxylic acids is 4. The molecule has 3 heterocycles. The Morgan fingerprint density at radius 3 is 1.89 bits per heavy atom. The van der Waals surface area contributed by atoms with Gasteiger partial charge in [0, 0.05) is 44.3 Å². The molecule has 2 aromatic heterocycles. The van der Waals surface area contributed by atoms with Crippen LogP contribution in [0.1, 0.15) is 11.4 Å². The molecule has 5 N–H and O–H groups in total. The van der Waals surface area contributed by atoms with E-state index in [-0.39, 0.29) is 5.91 Å². The summed E-state index contributed by atoms with van der Waals surface area (Å²) in [6.45, 7) is 5.58. The highest BCUT2D eigenvalue weighted by Crippen LogP contribution is 2.20. The van der Waals surface area contributed by atoms with Crippen LogP contribution in [0.3, 0.4) is 0 Å². The van der Waals surface area contributed by atoms with Gasteiger partial charge in [-0.05, 0) is 17.7 Å². The number of fused-ring (bicyclic) bond motifs is 1. The van der Waals surface area contributed by atoms with E-state index < -0.39 is 23.9 Å². The number of nitrogens with one attached hydrogen (secondary N) is 1. The number of imidazole rings is 1. The van der Waals surface area contributed by atoms with Crippen molar-refractivity contribution in [2.45, 2.75) is 13.1 Å². The number of amides is 1. The van der Waals surface area contributed by atoms with Gasteiger partial charge in [-0.25, -0.2) is 29.1 Å².